The predicted molar refractivity (Wildman–Crippen MR) is 106 cm³/mol. The number of piperazine rings is 1. The Labute approximate surface area is 163 Å². The summed E-state index contributed by atoms with van der Waals surface area (Å²) < 4.78 is 5.68. The molecule has 0 spiro atoms. The zero-order valence-electron chi connectivity index (χ0n) is 15.7. The van der Waals surface area contributed by atoms with Crippen LogP contribution >= 0.6 is 0 Å². The lowest BCUT2D eigenvalue weighted by atomic mass is 10.2. The van der Waals surface area contributed by atoms with Gasteiger partial charge in [-0.3, -0.25) is 4.79 Å². The van der Waals surface area contributed by atoms with Crippen LogP contribution in [0, 0.1) is 6.92 Å². The lowest BCUT2D eigenvalue weighted by Gasteiger charge is -2.35. The standard InChI is InChI=1S/C21H21N5O2/c1-16-22-10-9-19(24-16)25-11-13-26(14-12-25)21(27)17-7-8-20(23-15-17)28-18-5-3-2-4-6-18/h2-10,15H,11-14H2,1H3. The molecule has 1 fully saturated rings. The number of nitrogens with zero attached hydrogens (tertiary/aromatic N) is 5. The average Bonchev–Trinajstić information content (AvgIpc) is 2.75. The molecule has 4 rings (SSSR count). The third-order valence-corrected chi connectivity index (χ3v) is 4.60. The summed E-state index contributed by atoms with van der Waals surface area (Å²) in [6.07, 6.45) is 3.33. The number of amides is 1. The van der Waals surface area contributed by atoms with Gasteiger partial charge in [0, 0.05) is 44.6 Å². The van der Waals surface area contributed by atoms with Crippen molar-refractivity contribution in [1.82, 2.24) is 19.9 Å². The van der Waals surface area contributed by atoms with Crippen molar-refractivity contribution in [3.05, 3.63) is 72.3 Å². The summed E-state index contributed by atoms with van der Waals surface area (Å²) in [5, 5.41) is 0. The lowest BCUT2D eigenvalue weighted by molar-refractivity contribution is 0.0746. The highest BCUT2D eigenvalue weighted by atomic mass is 16.5. The van der Waals surface area contributed by atoms with Crippen LogP contribution in [-0.4, -0.2) is 51.9 Å². The van der Waals surface area contributed by atoms with E-state index < -0.39 is 0 Å². The first-order chi connectivity index (χ1) is 13.7. The highest BCUT2D eigenvalue weighted by molar-refractivity contribution is 5.94. The van der Waals surface area contributed by atoms with E-state index in [1.807, 2.05) is 48.2 Å². The molecule has 0 unspecified atom stereocenters. The molecule has 1 aliphatic heterocycles. The number of ether oxygens (including phenoxy) is 1. The van der Waals surface area contributed by atoms with Gasteiger partial charge in [-0.1, -0.05) is 18.2 Å². The van der Waals surface area contributed by atoms with E-state index in [2.05, 4.69) is 19.9 Å². The predicted octanol–water partition coefficient (Wildman–Crippen LogP) is 2.93. The fourth-order valence-corrected chi connectivity index (χ4v) is 3.12. The van der Waals surface area contributed by atoms with E-state index in [9.17, 15) is 4.79 Å². The number of aryl methyl sites for hydroxylation is 1. The van der Waals surface area contributed by atoms with E-state index in [4.69, 9.17) is 4.74 Å². The van der Waals surface area contributed by atoms with Crippen LogP contribution in [-0.2, 0) is 0 Å². The van der Waals surface area contributed by atoms with Crippen LogP contribution in [0.3, 0.4) is 0 Å². The highest BCUT2D eigenvalue weighted by Gasteiger charge is 2.23. The molecule has 7 heteroatoms. The van der Waals surface area contributed by atoms with Crippen molar-refractivity contribution in [2.75, 3.05) is 31.1 Å². The molecule has 3 aromatic rings. The van der Waals surface area contributed by atoms with Gasteiger partial charge in [0.15, 0.2) is 0 Å². The van der Waals surface area contributed by atoms with Crippen LogP contribution < -0.4 is 9.64 Å². The van der Waals surface area contributed by atoms with Crippen LogP contribution in [0.2, 0.25) is 0 Å². The van der Waals surface area contributed by atoms with Gasteiger partial charge in [0.05, 0.1) is 5.56 Å². The molecule has 1 amide bonds. The monoisotopic (exact) mass is 375 g/mol. The van der Waals surface area contributed by atoms with E-state index in [1.165, 1.54) is 0 Å². The molecule has 0 saturated carbocycles. The van der Waals surface area contributed by atoms with Gasteiger partial charge in [0.2, 0.25) is 5.88 Å². The van der Waals surface area contributed by atoms with Crippen molar-refractivity contribution in [2.24, 2.45) is 0 Å². The number of carbonyl (C=O) groups is 1. The van der Waals surface area contributed by atoms with Crippen molar-refractivity contribution in [3.63, 3.8) is 0 Å². The summed E-state index contributed by atoms with van der Waals surface area (Å²) in [6.45, 7) is 4.64. The summed E-state index contributed by atoms with van der Waals surface area (Å²) in [6, 6.07) is 14.8. The molecule has 1 saturated heterocycles. The van der Waals surface area contributed by atoms with Crippen LogP contribution in [0.4, 0.5) is 5.82 Å². The van der Waals surface area contributed by atoms with E-state index >= 15 is 0 Å². The molecule has 0 bridgehead atoms. The fourth-order valence-electron chi connectivity index (χ4n) is 3.12. The zero-order chi connectivity index (χ0) is 19.3. The van der Waals surface area contributed by atoms with E-state index in [1.54, 1.807) is 24.5 Å². The summed E-state index contributed by atoms with van der Waals surface area (Å²) in [5.41, 5.74) is 0.562. The molecule has 3 heterocycles. The second kappa shape index (κ2) is 8.04. The van der Waals surface area contributed by atoms with Crippen molar-refractivity contribution in [2.45, 2.75) is 6.92 Å². The Kier molecular flexibility index (Phi) is 5.14. The lowest BCUT2D eigenvalue weighted by Crippen LogP contribution is -2.49. The number of aromatic nitrogens is 3. The molecule has 28 heavy (non-hydrogen) atoms. The van der Waals surface area contributed by atoms with E-state index in [0.717, 1.165) is 24.7 Å². The van der Waals surface area contributed by atoms with Gasteiger partial charge in [-0.2, -0.15) is 0 Å². The quantitative estimate of drug-likeness (QED) is 0.698. The fraction of sp³-hybridized carbons (Fsp3) is 0.238. The molecule has 0 radical (unpaired) electrons. The number of benzene rings is 1. The molecule has 142 valence electrons. The van der Waals surface area contributed by atoms with Gasteiger partial charge in [-0.25, -0.2) is 15.0 Å². The van der Waals surface area contributed by atoms with Gasteiger partial charge in [0.25, 0.3) is 5.91 Å². The Morgan fingerprint density at radius 1 is 0.964 bits per heavy atom. The average molecular weight is 375 g/mol. The van der Waals surface area contributed by atoms with Crippen LogP contribution in [0.5, 0.6) is 11.6 Å². The second-order valence-electron chi connectivity index (χ2n) is 6.54. The maximum atomic E-state index is 12.8. The Morgan fingerprint density at radius 3 is 2.43 bits per heavy atom. The van der Waals surface area contributed by atoms with Crippen molar-refractivity contribution in [3.8, 4) is 11.6 Å². The summed E-state index contributed by atoms with van der Waals surface area (Å²) >= 11 is 0. The van der Waals surface area contributed by atoms with Gasteiger partial charge in [-0.05, 0) is 31.2 Å². The second-order valence-corrected chi connectivity index (χ2v) is 6.54. The number of pyridine rings is 1. The number of para-hydroxylation sites is 1. The highest BCUT2D eigenvalue weighted by Crippen LogP contribution is 2.20. The summed E-state index contributed by atoms with van der Waals surface area (Å²) in [5.74, 6) is 2.82. The first-order valence-electron chi connectivity index (χ1n) is 9.22. The molecule has 0 N–H and O–H groups in total. The normalized spacial score (nSPS) is 14.0. The minimum atomic E-state index is -0.0164. The number of rotatable bonds is 4. The molecule has 1 aliphatic rings. The number of hydrogen-bond acceptors (Lipinski definition) is 6. The molecular weight excluding hydrogens is 354 g/mol. The smallest absolute Gasteiger partial charge is 0.255 e. The third-order valence-electron chi connectivity index (χ3n) is 4.60. The number of hydrogen-bond donors (Lipinski definition) is 0. The Morgan fingerprint density at radius 2 is 1.75 bits per heavy atom. The maximum absolute atomic E-state index is 12.8. The van der Waals surface area contributed by atoms with Gasteiger partial charge >= 0.3 is 0 Å². The number of carbonyl (C=O) groups excluding carboxylic acids is 1. The Balaban J connectivity index is 1.36. The van der Waals surface area contributed by atoms with Gasteiger partial charge in [0.1, 0.15) is 17.4 Å². The molecule has 7 nitrogen and oxygen atoms in total. The Hall–Kier alpha value is -3.48. The topological polar surface area (TPSA) is 71.5 Å². The van der Waals surface area contributed by atoms with Crippen LogP contribution in [0.25, 0.3) is 0 Å². The minimum absolute atomic E-state index is 0.0164. The Bertz CT molecular complexity index is 939. The first kappa shape index (κ1) is 17.9. The molecule has 0 aliphatic carbocycles. The minimum Gasteiger partial charge on any atom is -0.439 e. The third kappa shape index (κ3) is 4.09. The van der Waals surface area contributed by atoms with E-state index in [-0.39, 0.29) is 5.91 Å². The largest absolute Gasteiger partial charge is 0.439 e. The molecule has 0 atom stereocenters. The number of anilines is 1. The molecule has 2 aromatic heterocycles. The maximum Gasteiger partial charge on any atom is 0.255 e. The summed E-state index contributed by atoms with van der Waals surface area (Å²) in [4.78, 5) is 29.6. The van der Waals surface area contributed by atoms with E-state index in [0.29, 0.717) is 30.3 Å². The van der Waals surface area contributed by atoms with Crippen molar-refractivity contribution < 1.29 is 9.53 Å². The zero-order valence-corrected chi connectivity index (χ0v) is 15.7. The first-order valence-corrected chi connectivity index (χ1v) is 9.22. The van der Waals surface area contributed by atoms with Gasteiger partial charge < -0.3 is 14.5 Å². The van der Waals surface area contributed by atoms with Crippen molar-refractivity contribution in [1.29, 1.82) is 0 Å². The van der Waals surface area contributed by atoms with Crippen LogP contribution in [0.1, 0.15) is 16.2 Å². The summed E-state index contributed by atoms with van der Waals surface area (Å²) in [7, 11) is 0. The van der Waals surface area contributed by atoms with Crippen molar-refractivity contribution >= 4 is 11.7 Å². The molecular formula is C21H21N5O2. The molecule has 1 aromatic carbocycles. The SMILES string of the molecule is Cc1nccc(N2CCN(C(=O)c3ccc(Oc4ccccc4)nc3)CC2)n1. The van der Waals surface area contributed by atoms with Gasteiger partial charge in [-0.15, -0.1) is 0 Å². The van der Waals surface area contributed by atoms with Crippen LogP contribution in [0.15, 0.2) is 60.9 Å².